The molecule has 1 rings (SSSR count). The lowest BCUT2D eigenvalue weighted by Gasteiger charge is -1.99. The van der Waals surface area contributed by atoms with Crippen molar-refractivity contribution in [2.24, 2.45) is 0 Å². The van der Waals surface area contributed by atoms with Crippen LogP contribution in [0.1, 0.15) is 29.7 Å². The third kappa shape index (κ3) is 3.41. The summed E-state index contributed by atoms with van der Waals surface area (Å²) in [5.74, 6) is -1.53. The van der Waals surface area contributed by atoms with E-state index in [1.54, 1.807) is 6.92 Å². The summed E-state index contributed by atoms with van der Waals surface area (Å²) in [5.41, 5.74) is 0.612. The van der Waals surface area contributed by atoms with E-state index in [-0.39, 0.29) is 18.2 Å². The number of carboxylic acid groups (broad SMARTS) is 1. The van der Waals surface area contributed by atoms with E-state index in [4.69, 9.17) is 9.84 Å². The fourth-order valence-corrected chi connectivity index (χ4v) is 1.06. The molecule has 6 nitrogen and oxygen atoms in total. The smallest absolute Gasteiger partial charge is 0.371 e. The predicted molar refractivity (Wildman–Crippen MR) is 50.5 cm³/mol. The maximum absolute atomic E-state index is 11.0. The minimum atomic E-state index is -1.11. The number of aromatic nitrogens is 2. The Morgan fingerprint density at radius 2 is 2.33 bits per heavy atom. The normalized spacial score (nSPS) is 9.93. The van der Waals surface area contributed by atoms with Gasteiger partial charge in [0.05, 0.1) is 13.0 Å². The highest BCUT2D eigenvalue weighted by molar-refractivity contribution is 5.83. The lowest BCUT2D eigenvalue weighted by Crippen LogP contribution is -2.05. The summed E-state index contributed by atoms with van der Waals surface area (Å²) in [4.78, 5) is 27.7. The number of imidazole rings is 1. The molecule has 0 aromatic carbocycles. The van der Waals surface area contributed by atoms with Crippen molar-refractivity contribution in [3.63, 3.8) is 0 Å². The third-order valence-electron chi connectivity index (χ3n) is 1.73. The summed E-state index contributed by atoms with van der Waals surface area (Å²) < 4.78 is 4.73. The molecule has 0 unspecified atom stereocenters. The monoisotopic (exact) mass is 212 g/mol. The number of carbonyl (C=O) groups excluding carboxylic acids is 1. The molecule has 0 radical (unpaired) electrons. The molecule has 0 bridgehead atoms. The number of hydrogen-bond acceptors (Lipinski definition) is 4. The summed E-state index contributed by atoms with van der Waals surface area (Å²) in [6.45, 7) is 2.08. The maximum atomic E-state index is 11.0. The lowest BCUT2D eigenvalue weighted by molar-refractivity contribution is -0.143. The Balaban J connectivity index is 2.44. The average molecular weight is 212 g/mol. The Kier molecular flexibility index (Phi) is 3.84. The molecular weight excluding hydrogens is 200 g/mol. The fraction of sp³-hybridized carbons (Fsp3) is 0.444. The molecule has 0 saturated heterocycles. The summed E-state index contributed by atoms with van der Waals surface area (Å²) in [7, 11) is 0. The number of rotatable bonds is 5. The highest BCUT2D eigenvalue weighted by Crippen LogP contribution is 2.01. The molecule has 15 heavy (non-hydrogen) atoms. The van der Waals surface area contributed by atoms with E-state index in [0.717, 1.165) is 0 Å². The second-order valence-electron chi connectivity index (χ2n) is 2.87. The summed E-state index contributed by atoms with van der Waals surface area (Å²) in [6.07, 6.45) is 2.02. The number of carboxylic acids is 1. The molecule has 0 fully saturated rings. The molecule has 1 aromatic rings. The SMILES string of the molecule is CCOC(=O)CCc1cnc(C(=O)O)[nH]1. The molecule has 0 aliphatic carbocycles. The van der Waals surface area contributed by atoms with Crippen molar-refractivity contribution in [3.8, 4) is 0 Å². The van der Waals surface area contributed by atoms with Crippen LogP contribution >= 0.6 is 0 Å². The molecule has 82 valence electrons. The largest absolute Gasteiger partial charge is 0.475 e. The van der Waals surface area contributed by atoms with Gasteiger partial charge in [0.1, 0.15) is 0 Å². The van der Waals surface area contributed by atoms with Crippen LogP contribution in [-0.2, 0) is 16.0 Å². The molecule has 0 aliphatic rings. The topological polar surface area (TPSA) is 92.3 Å². The number of H-pyrrole nitrogens is 1. The van der Waals surface area contributed by atoms with Crippen LogP contribution in [0.15, 0.2) is 6.20 Å². The Bertz CT molecular complexity index is 359. The van der Waals surface area contributed by atoms with Gasteiger partial charge < -0.3 is 14.8 Å². The second-order valence-corrected chi connectivity index (χ2v) is 2.87. The maximum Gasteiger partial charge on any atom is 0.371 e. The highest BCUT2D eigenvalue weighted by atomic mass is 16.5. The van der Waals surface area contributed by atoms with E-state index in [1.165, 1.54) is 6.20 Å². The molecule has 6 heteroatoms. The van der Waals surface area contributed by atoms with Gasteiger partial charge in [-0.05, 0) is 13.3 Å². The number of aromatic carboxylic acids is 1. The Morgan fingerprint density at radius 3 is 2.87 bits per heavy atom. The van der Waals surface area contributed by atoms with E-state index in [2.05, 4.69) is 9.97 Å². The van der Waals surface area contributed by atoms with E-state index >= 15 is 0 Å². The predicted octanol–water partition coefficient (Wildman–Crippen LogP) is 0.604. The molecule has 1 aromatic heterocycles. The molecule has 0 atom stereocenters. The first kappa shape index (κ1) is 11.2. The van der Waals surface area contributed by atoms with Crippen molar-refractivity contribution >= 4 is 11.9 Å². The Hall–Kier alpha value is -1.85. The van der Waals surface area contributed by atoms with Gasteiger partial charge in [-0.25, -0.2) is 9.78 Å². The first-order valence-electron chi connectivity index (χ1n) is 4.56. The number of esters is 1. The van der Waals surface area contributed by atoms with Gasteiger partial charge in [-0.15, -0.1) is 0 Å². The van der Waals surface area contributed by atoms with E-state index in [1.807, 2.05) is 0 Å². The van der Waals surface area contributed by atoms with Crippen LogP contribution in [0.4, 0.5) is 0 Å². The zero-order chi connectivity index (χ0) is 11.3. The number of nitrogens with zero attached hydrogens (tertiary/aromatic N) is 1. The minimum absolute atomic E-state index is 0.117. The number of aromatic amines is 1. The number of nitrogens with one attached hydrogen (secondary N) is 1. The van der Waals surface area contributed by atoms with Crippen LogP contribution < -0.4 is 0 Å². The lowest BCUT2D eigenvalue weighted by atomic mass is 10.2. The number of hydrogen-bond donors (Lipinski definition) is 2. The number of aryl methyl sites for hydroxylation is 1. The van der Waals surface area contributed by atoms with Crippen molar-refractivity contribution in [1.29, 1.82) is 0 Å². The van der Waals surface area contributed by atoms with Gasteiger partial charge in [0.15, 0.2) is 0 Å². The molecule has 0 saturated carbocycles. The van der Waals surface area contributed by atoms with Crippen LogP contribution in [0.5, 0.6) is 0 Å². The van der Waals surface area contributed by atoms with Crippen LogP contribution in [0.3, 0.4) is 0 Å². The zero-order valence-electron chi connectivity index (χ0n) is 8.32. The molecule has 0 aliphatic heterocycles. The van der Waals surface area contributed by atoms with Crippen molar-refractivity contribution in [2.45, 2.75) is 19.8 Å². The molecule has 0 amide bonds. The van der Waals surface area contributed by atoms with Gasteiger partial charge in [-0.2, -0.15) is 0 Å². The van der Waals surface area contributed by atoms with Crippen LogP contribution in [0, 0.1) is 0 Å². The van der Waals surface area contributed by atoms with Crippen LogP contribution in [0.25, 0.3) is 0 Å². The number of ether oxygens (including phenoxy) is 1. The van der Waals surface area contributed by atoms with E-state index < -0.39 is 5.97 Å². The molecular formula is C9H12N2O4. The minimum Gasteiger partial charge on any atom is -0.475 e. The van der Waals surface area contributed by atoms with Crippen LogP contribution in [0.2, 0.25) is 0 Å². The second kappa shape index (κ2) is 5.14. The summed E-state index contributed by atoms with van der Waals surface area (Å²) >= 11 is 0. The van der Waals surface area contributed by atoms with Crippen molar-refractivity contribution in [2.75, 3.05) is 6.61 Å². The Morgan fingerprint density at radius 1 is 1.60 bits per heavy atom. The van der Waals surface area contributed by atoms with Crippen molar-refractivity contribution in [1.82, 2.24) is 9.97 Å². The summed E-state index contributed by atoms with van der Waals surface area (Å²) in [6, 6.07) is 0. The Labute approximate surface area is 86.3 Å². The average Bonchev–Trinajstić information content (AvgIpc) is 2.63. The first-order chi connectivity index (χ1) is 7.13. The van der Waals surface area contributed by atoms with E-state index in [0.29, 0.717) is 18.7 Å². The quantitative estimate of drug-likeness (QED) is 0.697. The van der Waals surface area contributed by atoms with Crippen molar-refractivity contribution in [3.05, 3.63) is 17.7 Å². The number of carbonyl (C=O) groups is 2. The molecule has 1 heterocycles. The van der Waals surface area contributed by atoms with Crippen molar-refractivity contribution < 1.29 is 19.4 Å². The highest BCUT2D eigenvalue weighted by Gasteiger charge is 2.09. The van der Waals surface area contributed by atoms with Crippen LogP contribution in [-0.4, -0.2) is 33.6 Å². The van der Waals surface area contributed by atoms with Gasteiger partial charge in [0.25, 0.3) is 0 Å². The third-order valence-corrected chi connectivity index (χ3v) is 1.73. The van der Waals surface area contributed by atoms with Gasteiger partial charge in [-0.3, -0.25) is 4.79 Å². The molecule has 2 N–H and O–H groups in total. The van der Waals surface area contributed by atoms with Gasteiger partial charge in [-0.1, -0.05) is 0 Å². The fourth-order valence-electron chi connectivity index (χ4n) is 1.06. The first-order valence-corrected chi connectivity index (χ1v) is 4.56. The van der Waals surface area contributed by atoms with Gasteiger partial charge in [0, 0.05) is 11.9 Å². The van der Waals surface area contributed by atoms with Gasteiger partial charge in [0.2, 0.25) is 5.82 Å². The van der Waals surface area contributed by atoms with E-state index in [9.17, 15) is 9.59 Å². The van der Waals surface area contributed by atoms with Gasteiger partial charge >= 0.3 is 11.9 Å². The zero-order valence-corrected chi connectivity index (χ0v) is 8.32. The molecule has 0 spiro atoms. The standard InChI is InChI=1S/C9H12N2O4/c1-2-15-7(12)4-3-6-5-10-8(11-6)9(13)14/h5H,2-4H2,1H3,(H,10,11)(H,13,14). The summed E-state index contributed by atoms with van der Waals surface area (Å²) in [5, 5.41) is 8.57.